The summed E-state index contributed by atoms with van der Waals surface area (Å²) in [5.41, 5.74) is 1.11. The van der Waals surface area contributed by atoms with Gasteiger partial charge < -0.3 is 15.4 Å². The van der Waals surface area contributed by atoms with Crippen LogP contribution < -0.4 is 20.1 Å². The van der Waals surface area contributed by atoms with Crippen molar-refractivity contribution in [1.29, 1.82) is 0 Å². The fraction of sp³-hybridized carbons (Fsp3) is 0.611. The van der Waals surface area contributed by atoms with Gasteiger partial charge in [0.25, 0.3) is 0 Å². The molecule has 0 saturated heterocycles. The minimum Gasteiger partial charge on any atom is -0.493 e. The zero-order chi connectivity index (χ0) is 19.6. The van der Waals surface area contributed by atoms with Crippen LogP contribution in [0.1, 0.15) is 39.3 Å². The van der Waals surface area contributed by atoms with Crippen molar-refractivity contribution in [2.45, 2.75) is 33.7 Å². The summed E-state index contributed by atoms with van der Waals surface area (Å²) in [6.45, 7) is 10.3. The number of nitrogens with one attached hydrogen (secondary N) is 3. The van der Waals surface area contributed by atoms with E-state index in [9.17, 15) is 8.42 Å². The third-order valence-electron chi connectivity index (χ3n) is 3.41. The molecule has 9 heteroatoms. The second-order valence-corrected chi connectivity index (χ2v) is 8.40. The van der Waals surface area contributed by atoms with Crippen molar-refractivity contribution in [3.63, 3.8) is 0 Å². The predicted octanol–water partition coefficient (Wildman–Crippen LogP) is 2.50. The summed E-state index contributed by atoms with van der Waals surface area (Å²) in [5.74, 6) is 2.00. The van der Waals surface area contributed by atoms with Gasteiger partial charge in [-0.15, -0.1) is 24.0 Å². The number of sulfonamides is 1. The number of benzene rings is 1. The largest absolute Gasteiger partial charge is 0.493 e. The average Bonchev–Trinajstić information content (AvgIpc) is 2.56. The minimum absolute atomic E-state index is 0. The standard InChI is InChI=1S/C18H32N4O3S.HI/c1-6-19-18(20-11-12-21-26(5,23)24)22-15(4)16-7-9-17(10-8-16)25-13-14(2)3;/h7-10,14-15,21H,6,11-13H2,1-5H3,(H2,19,20,22);1H. The normalized spacial score (nSPS) is 13.0. The first kappa shape index (κ1) is 25.9. The Balaban J connectivity index is 0.00000676. The molecule has 1 aromatic rings. The van der Waals surface area contributed by atoms with Crippen LogP contribution in [0.25, 0.3) is 0 Å². The smallest absolute Gasteiger partial charge is 0.208 e. The molecule has 0 aliphatic carbocycles. The van der Waals surface area contributed by atoms with Crippen molar-refractivity contribution in [1.82, 2.24) is 15.4 Å². The molecule has 27 heavy (non-hydrogen) atoms. The zero-order valence-electron chi connectivity index (χ0n) is 16.8. The Hall–Kier alpha value is -1.07. The molecule has 1 rings (SSSR count). The van der Waals surface area contributed by atoms with Crippen molar-refractivity contribution in [2.75, 3.05) is 32.5 Å². The van der Waals surface area contributed by atoms with E-state index in [4.69, 9.17) is 4.74 Å². The summed E-state index contributed by atoms with van der Waals surface area (Å²) < 4.78 is 30.3. The minimum atomic E-state index is -3.19. The lowest BCUT2D eigenvalue weighted by Gasteiger charge is -2.18. The molecule has 0 spiro atoms. The number of guanidine groups is 1. The second-order valence-electron chi connectivity index (χ2n) is 6.57. The number of hydrogen-bond acceptors (Lipinski definition) is 4. The highest BCUT2D eigenvalue weighted by atomic mass is 127. The van der Waals surface area contributed by atoms with Crippen LogP contribution in [0.5, 0.6) is 5.75 Å². The van der Waals surface area contributed by atoms with Crippen LogP contribution in [0.15, 0.2) is 29.3 Å². The lowest BCUT2D eigenvalue weighted by molar-refractivity contribution is 0.271. The van der Waals surface area contributed by atoms with E-state index in [1.807, 2.05) is 38.1 Å². The predicted molar refractivity (Wildman–Crippen MR) is 123 cm³/mol. The molecule has 156 valence electrons. The highest BCUT2D eigenvalue weighted by molar-refractivity contribution is 14.0. The number of rotatable bonds is 10. The summed E-state index contributed by atoms with van der Waals surface area (Å²) in [5, 5.41) is 6.48. The second kappa shape index (κ2) is 13.2. The molecule has 0 bridgehead atoms. The molecule has 0 radical (unpaired) electrons. The van der Waals surface area contributed by atoms with E-state index in [2.05, 4.69) is 34.2 Å². The maximum absolute atomic E-state index is 11.1. The van der Waals surface area contributed by atoms with Crippen LogP contribution in [0.2, 0.25) is 0 Å². The first-order valence-corrected chi connectivity index (χ1v) is 10.8. The van der Waals surface area contributed by atoms with E-state index in [1.165, 1.54) is 0 Å². The average molecular weight is 512 g/mol. The maximum atomic E-state index is 11.1. The van der Waals surface area contributed by atoms with Gasteiger partial charge in [-0.1, -0.05) is 26.0 Å². The molecule has 0 amide bonds. The Kier molecular flexibility index (Phi) is 12.6. The quantitative estimate of drug-likeness (QED) is 0.194. The first-order valence-electron chi connectivity index (χ1n) is 8.93. The molecule has 1 unspecified atom stereocenters. The van der Waals surface area contributed by atoms with Gasteiger partial charge in [-0.25, -0.2) is 13.1 Å². The van der Waals surface area contributed by atoms with Gasteiger partial charge in [0.1, 0.15) is 5.75 Å². The summed E-state index contributed by atoms with van der Waals surface area (Å²) in [6, 6.07) is 8.05. The number of nitrogens with zero attached hydrogens (tertiary/aromatic N) is 1. The molecule has 0 aliphatic rings. The molecule has 1 atom stereocenters. The van der Waals surface area contributed by atoms with Crippen LogP contribution in [0, 0.1) is 5.92 Å². The molecule has 0 aromatic heterocycles. The molecule has 0 fully saturated rings. The van der Waals surface area contributed by atoms with Crippen molar-refractivity contribution < 1.29 is 13.2 Å². The third kappa shape index (κ3) is 12.1. The Morgan fingerprint density at radius 2 is 1.81 bits per heavy atom. The highest BCUT2D eigenvalue weighted by Gasteiger charge is 2.08. The third-order valence-corrected chi connectivity index (χ3v) is 4.14. The molecule has 3 N–H and O–H groups in total. The number of halogens is 1. The Labute approximate surface area is 180 Å². The van der Waals surface area contributed by atoms with E-state index in [1.54, 1.807) is 0 Å². The van der Waals surface area contributed by atoms with Crippen LogP contribution in [-0.4, -0.2) is 46.9 Å². The van der Waals surface area contributed by atoms with Gasteiger partial charge in [-0.3, -0.25) is 4.99 Å². The molecule has 7 nitrogen and oxygen atoms in total. The Bertz CT molecular complexity index is 664. The fourth-order valence-corrected chi connectivity index (χ4v) is 2.58. The Morgan fingerprint density at radius 1 is 1.19 bits per heavy atom. The van der Waals surface area contributed by atoms with Crippen molar-refractivity contribution in [3.05, 3.63) is 29.8 Å². The lowest BCUT2D eigenvalue weighted by Crippen LogP contribution is -2.39. The van der Waals surface area contributed by atoms with Gasteiger partial charge in [0.05, 0.1) is 25.4 Å². The highest BCUT2D eigenvalue weighted by Crippen LogP contribution is 2.18. The van der Waals surface area contributed by atoms with Gasteiger partial charge in [0, 0.05) is 13.1 Å². The van der Waals surface area contributed by atoms with Crippen molar-refractivity contribution in [2.24, 2.45) is 10.9 Å². The summed E-state index contributed by atoms with van der Waals surface area (Å²) in [7, 11) is -3.19. The topological polar surface area (TPSA) is 91.8 Å². The van der Waals surface area contributed by atoms with E-state index in [0.717, 1.165) is 24.1 Å². The van der Waals surface area contributed by atoms with Gasteiger partial charge in [-0.05, 0) is 37.5 Å². The summed E-state index contributed by atoms with van der Waals surface area (Å²) >= 11 is 0. The lowest BCUT2D eigenvalue weighted by atomic mass is 10.1. The molecular weight excluding hydrogens is 479 g/mol. The van der Waals surface area contributed by atoms with E-state index in [-0.39, 0.29) is 36.6 Å². The van der Waals surface area contributed by atoms with E-state index in [0.29, 0.717) is 25.0 Å². The van der Waals surface area contributed by atoms with Crippen LogP contribution >= 0.6 is 24.0 Å². The number of ether oxygens (including phenoxy) is 1. The number of hydrogen-bond donors (Lipinski definition) is 3. The molecule has 1 aromatic carbocycles. The molecule has 0 saturated carbocycles. The van der Waals surface area contributed by atoms with Gasteiger partial charge in [0.2, 0.25) is 10.0 Å². The summed E-state index contributed by atoms with van der Waals surface area (Å²) in [6.07, 6.45) is 1.14. The fourth-order valence-electron chi connectivity index (χ4n) is 2.12. The molecule has 0 aliphatic heterocycles. The molecule has 0 heterocycles. The van der Waals surface area contributed by atoms with Crippen LogP contribution in [0.4, 0.5) is 0 Å². The zero-order valence-corrected chi connectivity index (χ0v) is 19.9. The summed E-state index contributed by atoms with van der Waals surface area (Å²) in [4.78, 5) is 4.39. The van der Waals surface area contributed by atoms with Gasteiger partial charge in [-0.2, -0.15) is 0 Å². The number of aliphatic imine (C=N–C) groups is 1. The Morgan fingerprint density at radius 3 is 2.33 bits per heavy atom. The molecular formula is C18H33IN4O3S. The van der Waals surface area contributed by atoms with E-state index < -0.39 is 10.0 Å². The maximum Gasteiger partial charge on any atom is 0.208 e. The monoisotopic (exact) mass is 512 g/mol. The SMILES string of the molecule is CCNC(=NCCNS(C)(=O)=O)NC(C)c1ccc(OCC(C)C)cc1.I. The van der Waals surface area contributed by atoms with Crippen molar-refractivity contribution >= 4 is 40.0 Å². The van der Waals surface area contributed by atoms with Crippen LogP contribution in [-0.2, 0) is 10.0 Å². The van der Waals surface area contributed by atoms with E-state index >= 15 is 0 Å². The van der Waals surface area contributed by atoms with Gasteiger partial charge in [0.15, 0.2) is 5.96 Å². The first-order chi connectivity index (χ1) is 12.2. The van der Waals surface area contributed by atoms with Crippen molar-refractivity contribution in [3.8, 4) is 5.75 Å². The van der Waals surface area contributed by atoms with Gasteiger partial charge >= 0.3 is 0 Å². The van der Waals surface area contributed by atoms with Crippen LogP contribution in [0.3, 0.4) is 0 Å².